The fraction of sp³-hybridized carbons (Fsp3) is 0.250. The number of amides is 1. The molecule has 0 bridgehead atoms. The maximum absolute atomic E-state index is 12.6. The fourth-order valence-electron chi connectivity index (χ4n) is 2.55. The van der Waals surface area contributed by atoms with E-state index in [4.69, 9.17) is 0 Å². The smallest absolute Gasteiger partial charge is 0.269 e. The molecule has 2 aromatic heterocycles. The molecule has 0 saturated carbocycles. The Morgan fingerprint density at radius 3 is 2.68 bits per heavy atom. The van der Waals surface area contributed by atoms with E-state index in [1.54, 1.807) is 39.3 Å². The first-order valence-electron chi connectivity index (χ1n) is 7.54. The molecule has 0 spiro atoms. The third-order valence-corrected chi connectivity index (χ3v) is 5.26. The summed E-state index contributed by atoms with van der Waals surface area (Å²) in [6.45, 7) is 1.90. The minimum Gasteiger partial charge on any atom is -0.345 e. The van der Waals surface area contributed by atoms with Crippen molar-refractivity contribution >= 4 is 32.5 Å². The molecule has 0 atom stereocenters. The third kappa shape index (κ3) is 3.10. The summed E-state index contributed by atoms with van der Waals surface area (Å²) in [5.74, 6) is -0.266. The van der Waals surface area contributed by atoms with E-state index in [2.05, 4.69) is 14.9 Å². The molecule has 0 aliphatic heterocycles. The van der Waals surface area contributed by atoms with Crippen molar-refractivity contribution in [3.8, 4) is 0 Å². The van der Waals surface area contributed by atoms with Gasteiger partial charge in [0.15, 0.2) is 0 Å². The molecule has 0 unspecified atom stereocenters. The van der Waals surface area contributed by atoms with Gasteiger partial charge in [0.2, 0.25) is 0 Å². The summed E-state index contributed by atoms with van der Waals surface area (Å²) in [4.78, 5) is 13.5. The van der Waals surface area contributed by atoms with Gasteiger partial charge in [-0.15, -0.1) is 0 Å². The zero-order chi connectivity index (χ0) is 18.4. The second-order valence-corrected chi connectivity index (χ2v) is 7.74. The average Bonchev–Trinajstić information content (AvgIpc) is 3.10. The summed E-state index contributed by atoms with van der Waals surface area (Å²) in [6.07, 6.45) is 1.41. The largest absolute Gasteiger partial charge is 0.345 e. The van der Waals surface area contributed by atoms with Crippen molar-refractivity contribution in [3.63, 3.8) is 0 Å². The molecule has 25 heavy (non-hydrogen) atoms. The van der Waals surface area contributed by atoms with E-state index in [1.807, 2.05) is 6.92 Å². The highest BCUT2D eigenvalue weighted by molar-refractivity contribution is 7.92. The van der Waals surface area contributed by atoms with Gasteiger partial charge in [0.25, 0.3) is 15.9 Å². The van der Waals surface area contributed by atoms with Gasteiger partial charge in [-0.05, 0) is 31.2 Å². The van der Waals surface area contributed by atoms with Gasteiger partial charge >= 0.3 is 0 Å². The summed E-state index contributed by atoms with van der Waals surface area (Å²) >= 11 is 0. The van der Waals surface area contributed by atoms with Crippen molar-refractivity contribution in [3.05, 3.63) is 41.9 Å². The van der Waals surface area contributed by atoms with Crippen LogP contribution < -0.4 is 4.72 Å². The number of hydrogen-bond donors (Lipinski definition) is 2. The molecule has 0 aliphatic carbocycles. The molecule has 8 nitrogen and oxygen atoms in total. The number of aromatic nitrogens is 3. The van der Waals surface area contributed by atoms with Gasteiger partial charge in [0.1, 0.15) is 10.6 Å². The van der Waals surface area contributed by atoms with Crippen molar-refractivity contribution in [1.29, 1.82) is 0 Å². The van der Waals surface area contributed by atoms with E-state index in [1.165, 1.54) is 21.7 Å². The highest BCUT2D eigenvalue weighted by atomic mass is 32.2. The van der Waals surface area contributed by atoms with Crippen LogP contribution in [0.5, 0.6) is 0 Å². The Balaban J connectivity index is 1.93. The number of anilines is 1. The maximum atomic E-state index is 12.6. The van der Waals surface area contributed by atoms with Gasteiger partial charge in [-0.3, -0.25) is 14.6 Å². The SMILES string of the molecule is Cc1[nH]nc2cc(NS(=O)(=O)c3cc(C(=O)N(C)C)n(C)c3)ccc12. The van der Waals surface area contributed by atoms with Gasteiger partial charge in [-0.1, -0.05) is 0 Å². The normalized spacial score (nSPS) is 11.7. The molecule has 3 aromatic rings. The number of aromatic amines is 1. The van der Waals surface area contributed by atoms with Crippen LogP contribution in [0.1, 0.15) is 16.2 Å². The van der Waals surface area contributed by atoms with Crippen molar-refractivity contribution in [2.24, 2.45) is 7.05 Å². The van der Waals surface area contributed by atoms with Crippen LogP contribution in [0, 0.1) is 6.92 Å². The van der Waals surface area contributed by atoms with Gasteiger partial charge < -0.3 is 9.47 Å². The predicted octanol–water partition coefficient (Wildman–Crippen LogP) is 1.71. The van der Waals surface area contributed by atoms with E-state index < -0.39 is 10.0 Å². The zero-order valence-corrected chi connectivity index (χ0v) is 15.2. The molecule has 1 aromatic carbocycles. The first kappa shape index (κ1) is 17.0. The minimum atomic E-state index is -3.82. The summed E-state index contributed by atoms with van der Waals surface area (Å²) in [5, 5.41) is 7.92. The maximum Gasteiger partial charge on any atom is 0.269 e. The van der Waals surface area contributed by atoms with Gasteiger partial charge in [-0.2, -0.15) is 5.10 Å². The van der Waals surface area contributed by atoms with E-state index in [-0.39, 0.29) is 10.8 Å². The van der Waals surface area contributed by atoms with Crippen molar-refractivity contribution in [2.45, 2.75) is 11.8 Å². The number of carbonyl (C=O) groups is 1. The molecule has 9 heteroatoms. The molecule has 132 valence electrons. The summed E-state index contributed by atoms with van der Waals surface area (Å²) in [6, 6.07) is 6.50. The number of benzene rings is 1. The number of hydrogen-bond acceptors (Lipinski definition) is 4. The molecule has 0 radical (unpaired) electrons. The summed E-state index contributed by atoms with van der Waals surface area (Å²) < 4.78 is 29.3. The highest BCUT2D eigenvalue weighted by Crippen LogP contribution is 2.23. The van der Waals surface area contributed by atoms with Crippen LogP contribution in [0.3, 0.4) is 0 Å². The zero-order valence-electron chi connectivity index (χ0n) is 14.4. The Hall–Kier alpha value is -2.81. The monoisotopic (exact) mass is 361 g/mol. The van der Waals surface area contributed by atoms with Crippen LogP contribution in [0.4, 0.5) is 5.69 Å². The van der Waals surface area contributed by atoms with Crippen molar-refractivity contribution < 1.29 is 13.2 Å². The Kier molecular flexibility index (Phi) is 4.03. The van der Waals surface area contributed by atoms with Gasteiger partial charge in [0, 0.05) is 38.4 Å². The minimum absolute atomic E-state index is 0.0264. The second kappa shape index (κ2) is 5.92. The molecule has 0 fully saturated rings. The van der Waals surface area contributed by atoms with Crippen LogP contribution in [0.15, 0.2) is 35.4 Å². The fourth-order valence-corrected chi connectivity index (χ4v) is 3.66. The number of aryl methyl sites for hydroxylation is 2. The van der Waals surface area contributed by atoms with Crippen LogP contribution in [0.25, 0.3) is 10.9 Å². The third-order valence-electron chi connectivity index (χ3n) is 3.91. The lowest BCUT2D eigenvalue weighted by Crippen LogP contribution is -2.23. The van der Waals surface area contributed by atoms with Crippen LogP contribution in [-0.4, -0.2) is 48.1 Å². The van der Waals surface area contributed by atoms with Crippen LogP contribution in [0.2, 0.25) is 0 Å². The van der Waals surface area contributed by atoms with Crippen LogP contribution >= 0.6 is 0 Å². The highest BCUT2D eigenvalue weighted by Gasteiger charge is 2.21. The summed E-state index contributed by atoms with van der Waals surface area (Å²) in [5.41, 5.74) is 2.29. The average molecular weight is 361 g/mol. The number of fused-ring (bicyclic) bond motifs is 1. The Bertz CT molecular complexity index is 1060. The molecule has 2 N–H and O–H groups in total. The Labute approximate surface area is 145 Å². The molecule has 0 saturated heterocycles. The topological polar surface area (TPSA) is 100 Å². The quantitative estimate of drug-likeness (QED) is 0.739. The second-order valence-electron chi connectivity index (χ2n) is 6.06. The first-order chi connectivity index (χ1) is 11.7. The number of H-pyrrole nitrogens is 1. The number of rotatable bonds is 4. The van der Waals surface area contributed by atoms with E-state index >= 15 is 0 Å². The molecule has 0 aliphatic rings. The molecule has 1 amide bonds. The molecule has 3 rings (SSSR count). The van der Waals surface area contributed by atoms with Crippen molar-refractivity contribution in [2.75, 3.05) is 18.8 Å². The number of nitrogens with zero attached hydrogens (tertiary/aromatic N) is 3. The Morgan fingerprint density at radius 2 is 2.00 bits per heavy atom. The molecule has 2 heterocycles. The van der Waals surface area contributed by atoms with Gasteiger partial charge in [-0.25, -0.2) is 8.42 Å². The van der Waals surface area contributed by atoms with Crippen molar-refractivity contribution in [1.82, 2.24) is 19.7 Å². The molecular formula is C16H19N5O3S. The predicted molar refractivity (Wildman–Crippen MR) is 95.1 cm³/mol. The van der Waals surface area contributed by atoms with Gasteiger partial charge in [0.05, 0.1) is 11.2 Å². The summed E-state index contributed by atoms with van der Waals surface area (Å²) in [7, 11) is 1.05. The standard InChI is InChI=1S/C16H19N5O3S/c1-10-13-6-5-11(7-14(13)18-17-10)19-25(23,24)12-8-15(21(4)9-12)16(22)20(2)3/h5-9,19H,1-4H3,(H,17,18). The Morgan fingerprint density at radius 1 is 1.28 bits per heavy atom. The lowest BCUT2D eigenvalue weighted by Gasteiger charge is -2.09. The first-order valence-corrected chi connectivity index (χ1v) is 9.03. The molecular weight excluding hydrogens is 342 g/mol. The number of nitrogens with one attached hydrogen (secondary N) is 2. The van der Waals surface area contributed by atoms with E-state index in [0.717, 1.165) is 11.1 Å². The lowest BCUT2D eigenvalue weighted by molar-refractivity contribution is 0.0818. The van der Waals surface area contributed by atoms with E-state index in [9.17, 15) is 13.2 Å². The number of carbonyl (C=O) groups excluding carboxylic acids is 1. The van der Waals surface area contributed by atoms with E-state index in [0.29, 0.717) is 16.9 Å². The lowest BCUT2D eigenvalue weighted by atomic mass is 10.2. The van der Waals surface area contributed by atoms with Crippen LogP contribution in [-0.2, 0) is 17.1 Å². The number of sulfonamides is 1.